The lowest BCUT2D eigenvalue weighted by molar-refractivity contribution is 0.415. The van der Waals surface area contributed by atoms with Crippen LogP contribution in [0.2, 0.25) is 5.02 Å². The average Bonchev–Trinajstić information content (AvgIpc) is 2.89. The number of hydrogen-bond donors (Lipinski definition) is 2. The van der Waals surface area contributed by atoms with Crippen molar-refractivity contribution < 1.29 is 4.74 Å². The number of aryl methyl sites for hydroxylation is 1. The topological polar surface area (TPSA) is 67.3 Å². The third-order valence-electron chi connectivity index (χ3n) is 4.09. The van der Waals surface area contributed by atoms with E-state index in [-0.39, 0.29) is 5.96 Å². The Bertz CT molecular complexity index is 903. The van der Waals surface area contributed by atoms with Crippen molar-refractivity contribution in [1.29, 1.82) is 5.41 Å². The number of halogens is 1. The van der Waals surface area contributed by atoms with Crippen molar-refractivity contribution in [1.82, 2.24) is 4.57 Å². The number of rotatable bonds is 4. The highest BCUT2D eigenvalue weighted by molar-refractivity contribution is 6.31. The molecule has 0 fully saturated rings. The van der Waals surface area contributed by atoms with Gasteiger partial charge in [-0.1, -0.05) is 29.8 Å². The minimum absolute atomic E-state index is 0.0687. The molecule has 124 valence electrons. The number of fused-ring (bicyclic) bond motifs is 1. The summed E-state index contributed by atoms with van der Waals surface area (Å²) in [4.78, 5) is 1.68. The molecule has 0 unspecified atom stereocenters. The summed E-state index contributed by atoms with van der Waals surface area (Å²) in [5, 5.41) is 9.70. The highest BCUT2D eigenvalue weighted by atomic mass is 35.5. The average molecular weight is 343 g/mol. The van der Waals surface area contributed by atoms with Gasteiger partial charge in [-0.2, -0.15) is 0 Å². The van der Waals surface area contributed by atoms with Crippen LogP contribution in [0.4, 0.5) is 5.69 Å². The number of hydrogen-bond acceptors (Lipinski definition) is 2. The maximum Gasteiger partial charge on any atom is 0.193 e. The Kier molecular flexibility index (Phi) is 4.36. The summed E-state index contributed by atoms with van der Waals surface area (Å²) in [6.07, 6.45) is 0. The monoisotopic (exact) mass is 342 g/mol. The van der Waals surface area contributed by atoms with Crippen LogP contribution in [0.15, 0.2) is 48.5 Å². The van der Waals surface area contributed by atoms with E-state index in [0.717, 1.165) is 16.6 Å². The molecule has 24 heavy (non-hydrogen) atoms. The van der Waals surface area contributed by atoms with E-state index in [4.69, 9.17) is 27.5 Å². The first-order chi connectivity index (χ1) is 11.5. The molecule has 3 N–H and O–H groups in total. The number of nitrogens with two attached hydrogens (primary N) is 1. The minimum Gasteiger partial charge on any atom is -0.495 e. The summed E-state index contributed by atoms with van der Waals surface area (Å²) in [5.41, 5.74) is 8.67. The second-order valence-electron chi connectivity index (χ2n) is 5.54. The molecule has 3 aromatic rings. The normalized spacial score (nSPS) is 10.8. The van der Waals surface area contributed by atoms with Gasteiger partial charge in [0.05, 0.1) is 19.3 Å². The number of guanidine groups is 1. The van der Waals surface area contributed by atoms with Crippen molar-refractivity contribution in [3.8, 4) is 5.75 Å². The number of nitrogens with zero attached hydrogens (tertiary/aromatic N) is 2. The number of ether oxygens (including phenoxy) is 1. The van der Waals surface area contributed by atoms with Crippen molar-refractivity contribution in [2.24, 2.45) is 12.8 Å². The number of anilines is 1. The van der Waals surface area contributed by atoms with Gasteiger partial charge >= 0.3 is 0 Å². The van der Waals surface area contributed by atoms with Crippen molar-refractivity contribution in [3.63, 3.8) is 0 Å². The third-order valence-corrected chi connectivity index (χ3v) is 4.33. The molecule has 6 heteroatoms. The van der Waals surface area contributed by atoms with Crippen molar-refractivity contribution >= 4 is 34.2 Å². The lowest BCUT2D eigenvalue weighted by Gasteiger charge is -2.25. The predicted molar refractivity (Wildman–Crippen MR) is 99.0 cm³/mol. The zero-order chi connectivity index (χ0) is 17.3. The van der Waals surface area contributed by atoms with Crippen molar-refractivity contribution in [2.75, 3.05) is 12.0 Å². The fraction of sp³-hybridized carbons (Fsp3) is 0.167. The molecule has 1 heterocycles. The Morgan fingerprint density at radius 3 is 2.67 bits per heavy atom. The summed E-state index contributed by atoms with van der Waals surface area (Å²) in [6, 6.07) is 15.5. The van der Waals surface area contributed by atoms with Crippen LogP contribution in [0.5, 0.6) is 5.75 Å². The number of nitrogens with one attached hydrogen (secondary N) is 1. The van der Waals surface area contributed by atoms with E-state index in [1.165, 1.54) is 0 Å². The molecule has 3 rings (SSSR count). The fourth-order valence-electron chi connectivity index (χ4n) is 2.83. The van der Waals surface area contributed by atoms with Gasteiger partial charge in [-0.05, 0) is 35.7 Å². The maximum atomic E-state index is 7.98. The summed E-state index contributed by atoms with van der Waals surface area (Å²) in [7, 11) is 3.59. The van der Waals surface area contributed by atoms with Gasteiger partial charge in [-0.15, -0.1) is 0 Å². The highest BCUT2D eigenvalue weighted by Gasteiger charge is 2.18. The van der Waals surface area contributed by atoms with Crippen LogP contribution in [-0.4, -0.2) is 17.6 Å². The molecule has 0 aliphatic rings. The Morgan fingerprint density at radius 2 is 2.00 bits per heavy atom. The smallest absolute Gasteiger partial charge is 0.193 e. The van der Waals surface area contributed by atoms with Crippen molar-refractivity contribution in [2.45, 2.75) is 6.54 Å². The Hall–Kier alpha value is -2.66. The number of methoxy groups -OCH3 is 1. The number of aromatic nitrogens is 1. The molecule has 0 atom stereocenters. The Balaban J connectivity index is 2.05. The maximum absolute atomic E-state index is 7.98. The van der Waals surface area contributed by atoms with Gasteiger partial charge in [0.2, 0.25) is 0 Å². The molecular formula is C18H19ClN4O. The molecule has 0 saturated carbocycles. The molecule has 0 aliphatic heterocycles. The van der Waals surface area contributed by atoms with E-state index < -0.39 is 0 Å². The van der Waals surface area contributed by atoms with E-state index in [1.807, 2.05) is 19.2 Å². The van der Waals surface area contributed by atoms with Gasteiger partial charge < -0.3 is 19.9 Å². The van der Waals surface area contributed by atoms with Gasteiger partial charge in [-0.25, -0.2) is 0 Å². The third kappa shape index (κ3) is 2.90. The van der Waals surface area contributed by atoms with Gasteiger partial charge in [0.25, 0.3) is 0 Å². The SMILES string of the molecule is COc1ccc(Cl)cc1N(Cc1cc2ccccc2n1C)C(=N)N. The zero-order valence-corrected chi connectivity index (χ0v) is 14.3. The van der Waals surface area contributed by atoms with E-state index >= 15 is 0 Å². The van der Waals surface area contributed by atoms with Crippen LogP contribution in [0, 0.1) is 5.41 Å². The van der Waals surface area contributed by atoms with Gasteiger partial charge in [0, 0.05) is 23.3 Å². The summed E-state index contributed by atoms with van der Waals surface area (Å²) in [5.74, 6) is 0.550. The van der Waals surface area contributed by atoms with Gasteiger partial charge in [0.15, 0.2) is 5.96 Å². The molecule has 5 nitrogen and oxygen atoms in total. The van der Waals surface area contributed by atoms with Crippen molar-refractivity contribution in [3.05, 3.63) is 59.2 Å². The van der Waals surface area contributed by atoms with Crippen LogP contribution < -0.4 is 15.4 Å². The van der Waals surface area contributed by atoms with E-state index in [2.05, 4.69) is 22.8 Å². The zero-order valence-electron chi connectivity index (χ0n) is 13.6. The molecule has 0 amide bonds. The fourth-order valence-corrected chi connectivity index (χ4v) is 3.00. The molecular weight excluding hydrogens is 324 g/mol. The van der Waals surface area contributed by atoms with Gasteiger partial charge in [-0.3, -0.25) is 5.41 Å². The Labute approximate surface area is 145 Å². The Morgan fingerprint density at radius 1 is 1.25 bits per heavy atom. The molecule has 1 aromatic heterocycles. The van der Waals surface area contributed by atoms with Crippen LogP contribution in [-0.2, 0) is 13.6 Å². The number of benzene rings is 2. The molecule has 0 aliphatic carbocycles. The van der Waals surface area contributed by atoms with Crippen LogP contribution >= 0.6 is 11.6 Å². The second kappa shape index (κ2) is 6.45. The van der Waals surface area contributed by atoms with Crippen LogP contribution in [0.1, 0.15) is 5.69 Å². The molecule has 0 radical (unpaired) electrons. The summed E-state index contributed by atoms with van der Waals surface area (Å²) in [6.45, 7) is 0.442. The highest BCUT2D eigenvalue weighted by Crippen LogP contribution is 2.32. The van der Waals surface area contributed by atoms with Gasteiger partial charge in [0.1, 0.15) is 5.75 Å². The largest absolute Gasteiger partial charge is 0.495 e. The standard InChI is InChI=1S/C18H19ClN4O/c1-22-14(9-12-5-3-4-6-15(12)22)11-23(18(20)21)16-10-13(19)7-8-17(16)24-2/h3-10H,11H2,1-2H3,(H3,20,21). The van der Waals surface area contributed by atoms with E-state index in [9.17, 15) is 0 Å². The molecule has 0 spiro atoms. The first-order valence-electron chi connectivity index (χ1n) is 7.49. The molecule has 0 bridgehead atoms. The van der Waals surface area contributed by atoms with Crippen LogP contribution in [0.25, 0.3) is 10.9 Å². The summed E-state index contributed by atoms with van der Waals surface area (Å²) < 4.78 is 7.50. The second-order valence-corrected chi connectivity index (χ2v) is 5.98. The number of para-hydroxylation sites is 1. The van der Waals surface area contributed by atoms with E-state index in [0.29, 0.717) is 23.0 Å². The first kappa shape index (κ1) is 16.2. The predicted octanol–water partition coefficient (Wildman–Crippen LogP) is 3.74. The molecule has 2 aromatic carbocycles. The lowest BCUT2D eigenvalue weighted by Crippen LogP contribution is -2.36. The minimum atomic E-state index is -0.0687. The first-order valence-corrected chi connectivity index (χ1v) is 7.87. The van der Waals surface area contributed by atoms with Crippen LogP contribution in [0.3, 0.4) is 0 Å². The quantitative estimate of drug-likeness (QED) is 0.560. The summed E-state index contributed by atoms with van der Waals surface area (Å²) >= 11 is 6.12. The lowest BCUT2D eigenvalue weighted by atomic mass is 10.2. The molecule has 0 saturated heterocycles. The van der Waals surface area contributed by atoms with E-state index in [1.54, 1.807) is 30.2 Å².